The molecule has 1 unspecified atom stereocenters. The lowest BCUT2D eigenvalue weighted by atomic mass is 9.80. The molecular weight excluding hydrogens is 511 g/mol. The topological polar surface area (TPSA) is 109 Å². The number of nitrogens with zero attached hydrogens (tertiary/aromatic N) is 4. The smallest absolute Gasteiger partial charge is 0.255 e. The van der Waals surface area contributed by atoms with E-state index in [9.17, 15) is 18.8 Å². The summed E-state index contributed by atoms with van der Waals surface area (Å²) in [6.45, 7) is 3.04. The van der Waals surface area contributed by atoms with E-state index in [4.69, 9.17) is 5.10 Å². The van der Waals surface area contributed by atoms with Crippen LogP contribution >= 0.6 is 0 Å². The van der Waals surface area contributed by atoms with Crippen molar-refractivity contribution in [1.82, 2.24) is 25.0 Å². The number of carbonyl (C=O) groups is 3. The maximum Gasteiger partial charge on any atom is 0.255 e. The molecule has 10 heteroatoms. The molecule has 3 fully saturated rings. The van der Waals surface area contributed by atoms with Crippen LogP contribution in [0.1, 0.15) is 77.8 Å². The molecule has 0 spiro atoms. The highest BCUT2D eigenvalue weighted by Gasteiger charge is 2.39. The third-order valence-electron chi connectivity index (χ3n) is 8.67. The highest BCUT2D eigenvalue weighted by molar-refractivity contribution is 6.05. The molecule has 206 valence electrons. The van der Waals surface area contributed by atoms with Crippen LogP contribution in [0.5, 0.6) is 0 Å². The Kier molecular flexibility index (Phi) is 5.94. The number of aryl methyl sites for hydroxylation is 1. The summed E-state index contributed by atoms with van der Waals surface area (Å²) in [6, 6.07) is 8.56. The Morgan fingerprint density at radius 2 is 1.90 bits per heavy atom. The van der Waals surface area contributed by atoms with Crippen LogP contribution in [-0.2, 0) is 16.1 Å². The number of pyridine rings is 1. The van der Waals surface area contributed by atoms with E-state index in [2.05, 4.69) is 15.6 Å². The van der Waals surface area contributed by atoms with Gasteiger partial charge in [-0.3, -0.25) is 24.4 Å². The first kappa shape index (κ1) is 24.9. The van der Waals surface area contributed by atoms with Crippen molar-refractivity contribution in [3.8, 4) is 11.3 Å². The highest BCUT2D eigenvalue weighted by atomic mass is 19.1. The molecule has 0 bridgehead atoms. The van der Waals surface area contributed by atoms with Crippen molar-refractivity contribution in [2.24, 2.45) is 5.92 Å². The normalized spacial score (nSPS) is 24.1. The number of piperidine rings is 1. The summed E-state index contributed by atoms with van der Waals surface area (Å²) in [6.07, 6.45) is 6.72. The molecule has 7 rings (SSSR count). The van der Waals surface area contributed by atoms with Crippen LogP contribution in [0.15, 0.2) is 36.5 Å². The molecule has 2 aliphatic carbocycles. The molecule has 2 N–H and O–H groups in total. The average molecular weight is 543 g/mol. The molecule has 0 radical (unpaired) electrons. The zero-order valence-electron chi connectivity index (χ0n) is 22.3. The molecule has 4 aliphatic rings. The molecule has 2 saturated carbocycles. The van der Waals surface area contributed by atoms with Gasteiger partial charge in [-0.05, 0) is 80.8 Å². The lowest BCUT2D eigenvalue weighted by Gasteiger charge is -2.35. The molecule has 1 atom stereocenters. The van der Waals surface area contributed by atoms with Gasteiger partial charge in [0.2, 0.25) is 11.8 Å². The number of anilines is 1. The fourth-order valence-corrected chi connectivity index (χ4v) is 6.19. The van der Waals surface area contributed by atoms with Crippen LogP contribution in [0.3, 0.4) is 0 Å². The van der Waals surface area contributed by atoms with Gasteiger partial charge in [-0.25, -0.2) is 9.37 Å². The predicted octanol–water partition coefficient (Wildman–Crippen LogP) is 4.09. The van der Waals surface area contributed by atoms with Crippen LogP contribution in [0.2, 0.25) is 0 Å². The van der Waals surface area contributed by atoms with Crippen molar-refractivity contribution >= 4 is 23.4 Å². The summed E-state index contributed by atoms with van der Waals surface area (Å²) >= 11 is 0. The monoisotopic (exact) mass is 542 g/mol. The molecule has 3 amide bonds. The minimum Gasteiger partial charge on any atom is -0.385 e. The zero-order chi connectivity index (χ0) is 27.5. The first-order valence-electron chi connectivity index (χ1n) is 14.1. The number of halogens is 1. The van der Waals surface area contributed by atoms with Gasteiger partial charge in [-0.1, -0.05) is 0 Å². The van der Waals surface area contributed by atoms with Gasteiger partial charge < -0.3 is 10.2 Å². The van der Waals surface area contributed by atoms with E-state index in [0.29, 0.717) is 36.1 Å². The number of fused-ring (bicyclic) bond motifs is 1. The number of benzene rings is 1. The number of hydrogen-bond donors (Lipinski definition) is 2. The fourth-order valence-electron chi connectivity index (χ4n) is 6.19. The van der Waals surface area contributed by atoms with Crippen LogP contribution in [-0.4, -0.2) is 50.0 Å². The van der Waals surface area contributed by atoms with Crippen LogP contribution in [0, 0.1) is 18.7 Å². The van der Waals surface area contributed by atoms with Gasteiger partial charge in [0.25, 0.3) is 5.91 Å². The van der Waals surface area contributed by atoms with Crippen molar-refractivity contribution in [1.29, 1.82) is 0 Å². The van der Waals surface area contributed by atoms with Gasteiger partial charge in [0.15, 0.2) is 0 Å². The number of aromatic nitrogens is 3. The van der Waals surface area contributed by atoms with E-state index in [1.165, 1.54) is 6.07 Å². The standard InChI is InChI=1S/C30H31FN6O3/c1-16-2-7-24(31)28(33-16)23-15-37(35-27(23)18-3-4-18)21-10-17(11-21)13-32-20-5-6-22-19(12-20)14-36(30(22)40)25-8-9-26(38)34-29(25)39/h2,5-7,12,15,17-18,21,25,32H,3-4,8-11,13-14H2,1H3,(H,34,38,39)/t17-,21-,25?. The molecule has 1 saturated heterocycles. The molecule has 4 heterocycles. The molecule has 1 aromatic carbocycles. The molecule has 3 aromatic rings. The SMILES string of the molecule is Cc1ccc(F)c(-c2cn([C@H]3C[C@H](CNc4ccc5c(c4)CN(C4CCC(=O)NC4=O)C5=O)C3)nc2C2CC2)n1. The lowest BCUT2D eigenvalue weighted by Crippen LogP contribution is -2.52. The quantitative estimate of drug-likeness (QED) is 0.436. The Morgan fingerprint density at radius 1 is 1.07 bits per heavy atom. The van der Waals surface area contributed by atoms with Crippen molar-refractivity contribution in [3.05, 3.63) is 64.9 Å². The number of amides is 3. The third kappa shape index (κ3) is 4.45. The van der Waals surface area contributed by atoms with Crippen molar-refractivity contribution in [3.63, 3.8) is 0 Å². The van der Waals surface area contributed by atoms with Gasteiger partial charge >= 0.3 is 0 Å². The second-order valence-corrected chi connectivity index (χ2v) is 11.6. The van der Waals surface area contributed by atoms with E-state index in [1.54, 1.807) is 11.0 Å². The molecule has 2 aliphatic heterocycles. The first-order chi connectivity index (χ1) is 19.3. The first-order valence-corrected chi connectivity index (χ1v) is 14.1. The second-order valence-electron chi connectivity index (χ2n) is 11.6. The largest absolute Gasteiger partial charge is 0.385 e. The number of hydrogen-bond acceptors (Lipinski definition) is 6. The summed E-state index contributed by atoms with van der Waals surface area (Å²) in [5.41, 5.74) is 5.43. The Bertz CT molecular complexity index is 1540. The molecular formula is C30H31FN6O3. The number of nitrogens with one attached hydrogen (secondary N) is 2. The van der Waals surface area contributed by atoms with Gasteiger partial charge in [0.05, 0.1) is 11.7 Å². The Morgan fingerprint density at radius 3 is 2.67 bits per heavy atom. The highest BCUT2D eigenvalue weighted by Crippen LogP contribution is 2.46. The Labute approximate surface area is 231 Å². The van der Waals surface area contributed by atoms with Crippen molar-refractivity contribution in [2.75, 3.05) is 11.9 Å². The maximum atomic E-state index is 14.6. The summed E-state index contributed by atoms with van der Waals surface area (Å²) in [7, 11) is 0. The third-order valence-corrected chi connectivity index (χ3v) is 8.67. The predicted molar refractivity (Wildman–Crippen MR) is 145 cm³/mol. The summed E-state index contributed by atoms with van der Waals surface area (Å²) < 4.78 is 16.7. The second kappa shape index (κ2) is 9.53. The number of carbonyl (C=O) groups excluding carboxylic acids is 3. The summed E-state index contributed by atoms with van der Waals surface area (Å²) in [5, 5.41) is 10.8. The zero-order valence-corrected chi connectivity index (χ0v) is 22.3. The van der Waals surface area contributed by atoms with E-state index in [-0.39, 0.29) is 30.1 Å². The van der Waals surface area contributed by atoms with Crippen molar-refractivity contribution in [2.45, 2.75) is 70.0 Å². The van der Waals surface area contributed by atoms with E-state index < -0.39 is 11.9 Å². The van der Waals surface area contributed by atoms with E-state index in [1.807, 2.05) is 36.0 Å². The summed E-state index contributed by atoms with van der Waals surface area (Å²) in [4.78, 5) is 42.8. The number of rotatable bonds is 7. The van der Waals surface area contributed by atoms with Crippen LogP contribution in [0.4, 0.5) is 10.1 Å². The maximum absolute atomic E-state index is 14.6. The molecule has 40 heavy (non-hydrogen) atoms. The minimum atomic E-state index is -0.609. The molecule has 2 aromatic heterocycles. The average Bonchev–Trinajstić information content (AvgIpc) is 3.58. The van der Waals surface area contributed by atoms with Crippen molar-refractivity contribution < 1.29 is 18.8 Å². The Hall–Kier alpha value is -4.08. The van der Waals surface area contributed by atoms with Gasteiger partial charge in [0.1, 0.15) is 17.6 Å². The fraction of sp³-hybridized carbons (Fsp3) is 0.433. The van der Waals surface area contributed by atoms with Gasteiger partial charge in [-0.15, -0.1) is 0 Å². The lowest BCUT2D eigenvalue weighted by molar-refractivity contribution is -0.136. The summed E-state index contributed by atoms with van der Waals surface area (Å²) in [5.74, 6) is -0.284. The molecule has 9 nitrogen and oxygen atoms in total. The number of imide groups is 1. The Balaban J connectivity index is 0.978. The minimum absolute atomic E-state index is 0.164. The van der Waals surface area contributed by atoms with Crippen LogP contribution in [0.25, 0.3) is 11.3 Å². The van der Waals surface area contributed by atoms with E-state index >= 15 is 0 Å². The van der Waals surface area contributed by atoms with Gasteiger partial charge in [-0.2, -0.15) is 5.10 Å². The van der Waals surface area contributed by atoms with Crippen LogP contribution < -0.4 is 10.6 Å². The van der Waals surface area contributed by atoms with E-state index in [0.717, 1.165) is 60.4 Å². The van der Waals surface area contributed by atoms with Gasteiger partial charge in [0, 0.05) is 54.1 Å².